The van der Waals surface area contributed by atoms with E-state index in [1.165, 1.54) is 8.61 Å². The van der Waals surface area contributed by atoms with Crippen LogP contribution in [-0.4, -0.2) is 49.6 Å². The Bertz CT molecular complexity index is 1220. The Labute approximate surface area is 203 Å². The zero-order chi connectivity index (χ0) is 24.5. The van der Waals surface area contributed by atoms with Gasteiger partial charge in [-0.25, -0.2) is 4.98 Å². The number of nitrogens with zero attached hydrogens (tertiary/aromatic N) is 4. The summed E-state index contributed by atoms with van der Waals surface area (Å²) in [6.07, 6.45) is 2.10. The van der Waals surface area contributed by atoms with Gasteiger partial charge in [0.1, 0.15) is 5.82 Å². The summed E-state index contributed by atoms with van der Waals surface area (Å²) in [6, 6.07) is 15.5. The average molecular weight is 485 g/mol. The van der Waals surface area contributed by atoms with Gasteiger partial charge in [0, 0.05) is 39.3 Å². The summed E-state index contributed by atoms with van der Waals surface area (Å²) in [5, 5.41) is 0. The van der Waals surface area contributed by atoms with Gasteiger partial charge in [0.15, 0.2) is 0 Å². The fourth-order valence-corrected chi connectivity index (χ4v) is 5.56. The van der Waals surface area contributed by atoms with Crippen LogP contribution in [0.15, 0.2) is 48.5 Å². The van der Waals surface area contributed by atoms with Crippen molar-refractivity contribution >= 4 is 26.9 Å². The quantitative estimate of drug-likeness (QED) is 0.493. The Hall–Kier alpha value is -2.42. The number of aromatic nitrogens is 2. The SMILES string of the molecule is CN(C)S(=O)(=O)N(Cc1ccccc1)c1ccc2c(c1)nc(C(C)(C)C)n2CC1CCOCC1. The molecular weight excluding hydrogens is 448 g/mol. The number of fused-ring (bicyclic) bond motifs is 1. The summed E-state index contributed by atoms with van der Waals surface area (Å²) in [6.45, 7) is 9.29. The minimum atomic E-state index is -3.70. The van der Waals surface area contributed by atoms with Crippen LogP contribution in [0.5, 0.6) is 0 Å². The van der Waals surface area contributed by atoms with E-state index in [1.54, 1.807) is 14.1 Å². The Balaban J connectivity index is 1.79. The number of hydrogen-bond donors (Lipinski definition) is 0. The normalized spacial score (nSPS) is 15.8. The first-order valence-electron chi connectivity index (χ1n) is 11.9. The summed E-state index contributed by atoms with van der Waals surface area (Å²) in [5.41, 5.74) is 3.27. The van der Waals surface area contributed by atoms with Crippen LogP contribution < -0.4 is 4.31 Å². The standard InChI is InChI=1S/C26H36N4O3S/c1-26(2,3)25-27-23-17-22(11-12-24(23)29(25)18-21-13-15-33-16-14-21)30(34(31,32)28(4)5)19-20-9-7-6-8-10-20/h6-12,17,21H,13-16,18-19H2,1-5H3. The van der Waals surface area contributed by atoms with Crippen molar-refractivity contribution in [2.24, 2.45) is 5.92 Å². The fraction of sp³-hybridized carbons (Fsp3) is 0.500. The molecule has 0 amide bonds. The molecule has 0 radical (unpaired) electrons. The van der Waals surface area contributed by atoms with E-state index in [0.717, 1.165) is 55.0 Å². The van der Waals surface area contributed by atoms with Crippen molar-refractivity contribution in [1.82, 2.24) is 13.9 Å². The first-order chi connectivity index (χ1) is 16.1. The molecule has 1 saturated heterocycles. The van der Waals surface area contributed by atoms with Crippen LogP contribution in [0, 0.1) is 5.92 Å². The molecule has 184 valence electrons. The zero-order valence-corrected chi connectivity index (χ0v) is 21.7. The van der Waals surface area contributed by atoms with Gasteiger partial charge in [-0.1, -0.05) is 51.1 Å². The van der Waals surface area contributed by atoms with Crippen LogP contribution in [0.3, 0.4) is 0 Å². The summed E-state index contributed by atoms with van der Waals surface area (Å²) in [4.78, 5) is 5.02. The summed E-state index contributed by atoms with van der Waals surface area (Å²) in [7, 11) is -0.572. The molecule has 2 aromatic carbocycles. The molecule has 2 heterocycles. The molecule has 7 nitrogen and oxygen atoms in total. The van der Waals surface area contributed by atoms with Crippen molar-refractivity contribution in [3.05, 3.63) is 59.9 Å². The molecule has 0 saturated carbocycles. The molecular formula is C26H36N4O3S. The monoisotopic (exact) mass is 484 g/mol. The third kappa shape index (κ3) is 5.14. The lowest BCUT2D eigenvalue weighted by Crippen LogP contribution is -2.39. The van der Waals surface area contributed by atoms with E-state index in [9.17, 15) is 8.42 Å². The lowest BCUT2D eigenvalue weighted by atomic mass is 9.94. The molecule has 1 fully saturated rings. The molecule has 0 unspecified atom stereocenters. The van der Waals surface area contributed by atoms with Crippen LogP contribution in [0.25, 0.3) is 11.0 Å². The maximum Gasteiger partial charge on any atom is 0.303 e. The number of hydrogen-bond acceptors (Lipinski definition) is 4. The van der Waals surface area contributed by atoms with E-state index in [2.05, 4.69) is 25.3 Å². The predicted octanol–water partition coefficient (Wildman–Crippen LogP) is 4.57. The first-order valence-corrected chi connectivity index (χ1v) is 13.3. The zero-order valence-electron chi connectivity index (χ0n) is 20.9. The van der Waals surface area contributed by atoms with E-state index in [4.69, 9.17) is 9.72 Å². The van der Waals surface area contributed by atoms with Gasteiger partial charge >= 0.3 is 10.2 Å². The molecule has 0 spiro atoms. The van der Waals surface area contributed by atoms with Gasteiger partial charge < -0.3 is 9.30 Å². The number of benzene rings is 2. The van der Waals surface area contributed by atoms with Crippen LogP contribution in [0.2, 0.25) is 0 Å². The Morgan fingerprint density at radius 1 is 1.06 bits per heavy atom. The van der Waals surface area contributed by atoms with E-state index in [1.807, 2.05) is 48.5 Å². The number of rotatable bonds is 7. The van der Waals surface area contributed by atoms with E-state index < -0.39 is 10.2 Å². The lowest BCUT2D eigenvalue weighted by Gasteiger charge is -2.28. The summed E-state index contributed by atoms with van der Waals surface area (Å²) in [5.74, 6) is 1.58. The lowest BCUT2D eigenvalue weighted by molar-refractivity contribution is 0.0611. The molecule has 0 atom stereocenters. The second-order valence-electron chi connectivity index (χ2n) is 10.3. The minimum Gasteiger partial charge on any atom is -0.381 e. The van der Waals surface area contributed by atoms with Crippen LogP contribution in [0.1, 0.15) is 45.0 Å². The third-order valence-electron chi connectivity index (χ3n) is 6.38. The van der Waals surface area contributed by atoms with Crippen molar-refractivity contribution < 1.29 is 13.2 Å². The molecule has 34 heavy (non-hydrogen) atoms. The van der Waals surface area contributed by atoms with Crippen molar-refractivity contribution in [2.75, 3.05) is 31.6 Å². The van der Waals surface area contributed by atoms with Gasteiger partial charge in [0.05, 0.1) is 23.3 Å². The van der Waals surface area contributed by atoms with E-state index in [-0.39, 0.29) is 12.0 Å². The maximum atomic E-state index is 13.3. The molecule has 0 aliphatic carbocycles. The highest BCUT2D eigenvalue weighted by Gasteiger charge is 2.28. The Morgan fingerprint density at radius 2 is 1.74 bits per heavy atom. The predicted molar refractivity (Wildman–Crippen MR) is 137 cm³/mol. The van der Waals surface area contributed by atoms with Gasteiger partial charge in [-0.15, -0.1) is 0 Å². The summed E-state index contributed by atoms with van der Waals surface area (Å²) < 4.78 is 37.2. The number of imidazole rings is 1. The van der Waals surface area contributed by atoms with Crippen molar-refractivity contribution in [2.45, 2.75) is 52.1 Å². The Morgan fingerprint density at radius 3 is 2.35 bits per heavy atom. The molecule has 1 aromatic heterocycles. The van der Waals surface area contributed by atoms with E-state index >= 15 is 0 Å². The third-order valence-corrected chi connectivity index (χ3v) is 8.20. The van der Waals surface area contributed by atoms with Crippen molar-refractivity contribution in [3.63, 3.8) is 0 Å². The second-order valence-corrected chi connectivity index (χ2v) is 12.4. The highest BCUT2D eigenvalue weighted by molar-refractivity contribution is 7.90. The van der Waals surface area contributed by atoms with Gasteiger partial charge in [-0.3, -0.25) is 4.31 Å². The Kier molecular flexibility index (Phi) is 7.03. The topological polar surface area (TPSA) is 67.7 Å². The highest BCUT2D eigenvalue weighted by atomic mass is 32.2. The summed E-state index contributed by atoms with van der Waals surface area (Å²) >= 11 is 0. The van der Waals surface area contributed by atoms with Crippen molar-refractivity contribution in [1.29, 1.82) is 0 Å². The van der Waals surface area contributed by atoms with Gasteiger partial charge in [-0.05, 0) is 42.5 Å². The number of ether oxygens (including phenoxy) is 1. The smallest absolute Gasteiger partial charge is 0.303 e. The largest absolute Gasteiger partial charge is 0.381 e. The van der Waals surface area contributed by atoms with Gasteiger partial charge in [0.25, 0.3) is 0 Å². The molecule has 4 rings (SSSR count). The minimum absolute atomic E-state index is 0.135. The van der Waals surface area contributed by atoms with Crippen LogP contribution in [0.4, 0.5) is 5.69 Å². The molecule has 0 N–H and O–H groups in total. The van der Waals surface area contributed by atoms with Crippen molar-refractivity contribution in [3.8, 4) is 0 Å². The molecule has 0 bridgehead atoms. The molecule has 1 aliphatic heterocycles. The van der Waals surface area contributed by atoms with Gasteiger partial charge in [-0.2, -0.15) is 12.7 Å². The molecule has 1 aliphatic rings. The number of anilines is 1. The average Bonchev–Trinajstić information content (AvgIpc) is 3.16. The maximum absolute atomic E-state index is 13.3. The molecule has 8 heteroatoms. The highest BCUT2D eigenvalue weighted by Crippen LogP contribution is 2.32. The van der Waals surface area contributed by atoms with E-state index in [0.29, 0.717) is 11.6 Å². The first kappa shape index (κ1) is 24.7. The van der Waals surface area contributed by atoms with Gasteiger partial charge in [0.2, 0.25) is 0 Å². The molecule has 3 aromatic rings. The fourth-order valence-electron chi connectivity index (χ4n) is 4.47. The van der Waals surface area contributed by atoms with Crippen LogP contribution in [-0.2, 0) is 33.5 Å². The van der Waals surface area contributed by atoms with Crippen LogP contribution >= 0.6 is 0 Å². The second kappa shape index (κ2) is 9.68.